The summed E-state index contributed by atoms with van der Waals surface area (Å²) in [6, 6.07) is 3.82. The van der Waals surface area contributed by atoms with Crippen molar-refractivity contribution in [3.63, 3.8) is 0 Å². The van der Waals surface area contributed by atoms with E-state index >= 15 is 0 Å². The third kappa shape index (κ3) is 1.25. The third-order valence-electron chi connectivity index (χ3n) is 2.71. The lowest BCUT2D eigenvalue weighted by Gasteiger charge is -2.05. The van der Waals surface area contributed by atoms with Crippen LogP contribution in [0.1, 0.15) is 22.6 Å². The summed E-state index contributed by atoms with van der Waals surface area (Å²) in [7, 11) is 0. The van der Waals surface area contributed by atoms with Crippen LogP contribution in [0.5, 0.6) is 5.75 Å². The Morgan fingerprint density at radius 1 is 1.43 bits per heavy atom. The number of carboxylic acids is 1. The smallest absolute Gasteiger partial charge is 0.314 e. The number of hydrogen-bond acceptors (Lipinski definition) is 2. The Balaban J connectivity index is 2.50. The Labute approximate surface area is 82.3 Å². The van der Waals surface area contributed by atoms with Gasteiger partial charge in [-0.2, -0.15) is 0 Å². The largest absolute Gasteiger partial charge is 0.492 e. The van der Waals surface area contributed by atoms with Gasteiger partial charge in [0.15, 0.2) is 0 Å². The minimum absolute atomic E-state index is 0.257. The van der Waals surface area contributed by atoms with Crippen LogP contribution in [-0.4, -0.2) is 17.7 Å². The molecule has 0 saturated carbocycles. The second-order valence-electron chi connectivity index (χ2n) is 3.68. The number of carboxylic acid groups (broad SMARTS) is 1. The van der Waals surface area contributed by atoms with Gasteiger partial charge in [-0.3, -0.25) is 4.79 Å². The van der Waals surface area contributed by atoms with Crippen LogP contribution in [-0.2, 0) is 4.79 Å². The Morgan fingerprint density at radius 3 is 2.71 bits per heavy atom. The molecule has 0 spiro atoms. The molecule has 1 unspecified atom stereocenters. The highest BCUT2D eigenvalue weighted by Gasteiger charge is 2.30. The highest BCUT2D eigenvalue weighted by atomic mass is 16.5. The molecule has 2 rings (SSSR count). The Bertz CT molecular complexity index is 396. The van der Waals surface area contributed by atoms with E-state index in [0.29, 0.717) is 0 Å². The fraction of sp³-hybridized carbons (Fsp3) is 0.364. The molecule has 3 heteroatoms. The van der Waals surface area contributed by atoms with Crippen molar-refractivity contribution in [3.8, 4) is 5.75 Å². The number of ether oxygens (including phenoxy) is 1. The Kier molecular flexibility index (Phi) is 1.95. The number of benzene rings is 1. The Morgan fingerprint density at radius 2 is 2.07 bits per heavy atom. The molecule has 0 bridgehead atoms. The molecule has 74 valence electrons. The van der Waals surface area contributed by atoms with E-state index in [-0.39, 0.29) is 6.61 Å². The van der Waals surface area contributed by atoms with Crippen LogP contribution in [0.3, 0.4) is 0 Å². The molecule has 1 aromatic rings. The summed E-state index contributed by atoms with van der Waals surface area (Å²) >= 11 is 0. The second-order valence-corrected chi connectivity index (χ2v) is 3.68. The second kappa shape index (κ2) is 3.01. The number of rotatable bonds is 1. The number of aliphatic carboxylic acids is 1. The van der Waals surface area contributed by atoms with Crippen LogP contribution in [0.4, 0.5) is 0 Å². The van der Waals surface area contributed by atoms with Crippen molar-refractivity contribution < 1.29 is 14.6 Å². The van der Waals surface area contributed by atoms with Crippen LogP contribution in [0.2, 0.25) is 0 Å². The van der Waals surface area contributed by atoms with E-state index in [1.54, 1.807) is 0 Å². The lowest BCUT2D eigenvalue weighted by Crippen LogP contribution is -2.12. The molecular weight excluding hydrogens is 180 g/mol. The first-order valence-electron chi connectivity index (χ1n) is 4.56. The van der Waals surface area contributed by atoms with Gasteiger partial charge in [0.25, 0.3) is 0 Å². The number of carbonyl (C=O) groups is 1. The maximum absolute atomic E-state index is 10.9. The van der Waals surface area contributed by atoms with Crippen LogP contribution in [0.15, 0.2) is 12.1 Å². The normalized spacial score (nSPS) is 18.9. The molecular formula is C11H12O3. The van der Waals surface area contributed by atoms with Crippen molar-refractivity contribution in [1.82, 2.24) is 0 Å². The predicted octanol–water partition coefficient (Wildman–Crippen LogP) is 1.86. The summed E-state index contributed by atoms with van der Waals surface area (Å²) in [6.45, 7) is 4.23. The third-order valence-corrected chi connectivity index (χ3v) is 2.71. The first kappa shape index (κ1) is 9.06. The first-order valence-corrected chi connectivity index (χ1v) is 4.56. The van der Waals surface area contributed by atoms with Gasteiger partial charge in [0.1, 0.15) is 18.3 Å². The van der Waals surface area contributed by atoms with E-state index in [2.05, 4.69) is 0 Å². The summed E-state index contributed by atoms with van der Waals surface area (Å²) < 4.78 is 5.33. The zero-order valence-electron chi connectivity index (χ0n) is 8.20. The maximum atomic E-state index is 10.9. The van der Waals surface area contributed by atoms with Gasteiger partial charge < -0.3 is 9.84 Å². The molecule has 1 atom stereocenters. The Hall–Kier alpha value is -1.51. The van der Waals surface area contributed by atoms with E-state index in [1.165, 1.54) is 0 Å². The fourth-order valence-corrected chi connectivity index (χ4v) is 1.68. The molecule has 0 aliphatic carbocycles. The minimum Gasteiger partial charge on any atom is -0.492 e. The maximum Gasteiger partial charge on any atom is 0.314 e. The van der Waals surface area contributed by atoms with Crippen molar-refractivity contribution in [3.05, 3.63) is 28.8 Å². The molecule has 1 aliphatic heterocycles. The molecule has 0 fully saturated rings. The van der Waals surface area contributed by atoms with Gasteiger partial charge in [0.05, 0.1) is 0 Å². The number of aryl methyl sites for hydroxylation is 2. The quantitative estimate of drug-likeness (QED) is 0.738. The number of hydrogen-bond donors (Lipinski definition) is 1. The molecule has 0 amide bonds. The lowest BCUT2D eigenvalue weighted by atomic mass is 9.97. The number of fused-ring (bicyclic) bond motifs is 1. The summed E-state index contributed by atoms with van der Waals surface area (Å²) in [5.74, 6) is -0.586. The van der Waals surface area contributed by atoms with Crippen molar-refractivity contribution in [2.45, 2.75) is 19.8 Å². The van der Waals surface area contributed by atoms with E-state index in [4.69, 9.17) is 9.84 Å². The molecule has 0 saturated heterocycles. The van der Waals surface area contributed by atoms with Gasteiger partial charge in [-0.05, 0) is 31.0 Å². The SMILES string of the molecule is Cc1cc2c(cc1C)C(C(=O)O)CO2. The highest BCUT2D eigenvalue weighted by molar-refractivity contribution is 5.78. The zero-order chi connectivity index (χ0) is 10.3. The average Bonchev–Trinajstić information content (AvgIpc) is 2.48. The highest BCUT2D eigenvalue weighted by Crippen LogP contribution is 2.35. The van der Waals surface area contributed by atoms with Crippen LogP contribution in [0, 0.1) is 13.8 Å². The van der Waals surface area contributed by atoms with Gasteiger partial charge in [-0.1, -0.05) is 6.07 Å². The molecule has 1 aliphatic rings. The monoisotopic (exact) mass is 192 g/mol. The molecule has 14 heavy (non-hydrogen) atoms. The minimum atomic E-state index is -0.813. The van der Waals surface area contributed by atoms with Gasteiger partial charge in [-0.15, -0.1) is 0 Å². The van der Waals surface area contributed by atoms with E-state index in [1.807, 2.05) is 26.0 Å². The molecule has 1 aromatic carbocycles. The van der Waals surface area contributed by atoms with E-state index < -0.39 is 11.9 Å². The summed E-state index contributed by atoms with van der Waals surface area (Å²) in [5, 5.41) is 8.94. The molecule has 1 N–H and O–H groups in total. The van der Waals surface area contributed by atoms with E-state index in [0.717, 1.165) is 22.4 Å². The summed E-state index contributed by atoms with van der Waals surface area (Å²) in [5.41, 5.74) is 3.05. The molecule has 0 radical (unpaired) electrons. The van der Waals surface area contributed by atoms with Gasteiger partial charge in [-0.25, -0.2) is 0 Å². The fourth-order valence-electron chi connectivity index (χ4n) is 1.68. The summed E-state index contributed by atoms with van der Waals surface area (Å²) in [6.07, 6.45) is 0. The van der Waals surface area contributed by atoms with Gasteiger partial charge in [0, 0.05) is 5.56 Å². The van der Waals surface area contributed by atoms with E-state index in [9.17, 15) is 4.79 Å². The van der Waals surface area contributed by atoms with Crippen molar-refractivity contribution in [1.29, 1.82) is 0 Å². The van der Waals surface area contributed by atoms with Crippen LogP contribution >= 0.6 is 0 Å². The molecule has 3 nitrogen and oxygen atoms in total. The van der Waals surface area contributed by atoms with Crippen molar-refractivity contribution in [2.75, 3.05) is 6.61 Å². The lowest BCUT2D eigenvalue weighted by molar-refractivity contribution is -0.138. The van der Waals surface area contributed by atoms with Gasteiger partial charge in [0.2, 0.25) is 0 Å². The van der Waals surface area contributed by atoms with Crippen molar-refractivity contribution in [2.24, 2.45) is 0 Å². The molecule has 1 heterocycles. The van der Waals surface area contributed by atoms with Gasteiger partial charge >= 0.3 is 5.97 Å². The average molecular weight is 192 g/mol. The molecule has 0 aromatic heterocycles. The standard InChI is InChI=1S/C11H12O3/c1-6-3-8-9(11(12)13)5-14-10(8)4-7(6)2/h3-4,9H,5H2,1-2H3,(H,12,13). The zero-order valence-corrected chi connectivity index (χ0v) is 8.20. The predicted molar refractivity (Wildman–Crippen MR) is 51.8 cm³/mol. The topological polar surface area (TPSA) is 46.5 Å². The summed E-state index contributed by atoms with van der Waals surface area (Å²) in [4.78, 5) is 10.9. The van der Waals surface area contributed by atoms with Crippen molar-refractivity contribution >= 4 is 5.97 Å². The van der Waals surface area contributed by atoms with Crippen LogP contribution in [0.25, 0.3) is 0 Å². The van der Waals surface area contributed by atoms with Crippen LogP contribution < -0.4 is 4.74 Å². The first-order chi connectivity index (χ1) is 6.59.